The number of anilines is 1. The largest absolute Gasteiger partial charge is 0.456 e. The number of alkyl carbamates (subject to hydrolysis) is 1. The number of rotatable bonds is 18. The van der Waals surface area contributed by atoms with Crippen LogP contribution in [0.3, 0.4) is 0 Å². The van der Waals surface area contributed by atoms with Crippen molar-refractivity contribution in [2.45, 2.75) is 140 Å². The molecule has 0 aromatic heterocycles. The number of esters is 1. The minimum Gasteiger partial charge on any atom is -0.456 e. The monoisotopic (exact) mass is 911 g/mol. The van der Waals surface area contributed by atoms with Crippen molar-refractivity contribution in [1.29, 1.82) is 0 Å². The maximum atomic E-state index is 17.8. The number of allylic oxidation sites excluding steroid dienone is 4. The highest BCUT2D eigenvalue weighted by Crippen LogP contribution is 2.72. The van der Waals surface area contributed by atoms with Gasteiger partial charge in [-0.15, -0.1) is 0 Å². The van der Waals surface area contributed by atoms with Crippen molar-refractivity contribution >= 4 is 47.2 Å². The number of unbranched alkanes of at least 4 members (excludes halogenated alkanes) is 1. The Kier molecular flexibility index (Phi) is 14.6. The summed E-state index contributed by atoms with van der Waals surface area (Å²) in [5.41, 5.74) is -1.33. The molecule has 5 amide bonds. The second-order valence-electron chi connectivity index (χ2n) is 18.8. The molecule has 1 saturated heterocycles. The number of aliphatic hydroxyl groups excluding tert-OH is 2. The average Bonchev–Trinajstić information content (AvgIpc) is 3.73. The number of carbonyl (C=O) groups is 7. The molecule has 4 aliphatic carbocycles. The first-order valence-electron chi connectivity index (χ1n) is 22.3. The number of nitrogens with two attached hydrogens (primary N) is 1. The van der Waals surface area contributed by atoms with E-state index in [0.29, 0.717) is 61.9 Å². The molecule has 6 rings (SSSR count). The number of Topliss-reactive ketones (excluding diaryl/α,β-unsaturated/α-hetero) is 1. The van der Waals surface area contributed by atoms with Gasteiger partial charge in [0, 0.05) is 35.4 Å². The molecule has 1 aromatic carbocycles. The Balaban J connectivity index is 1.04. The van der Waals surface area contributed by atoms with Crippen molar-refractivity contribution in [1.82, 2.24) is 16.0 Å². The number of benzene rings is 1. The first-order valence-corrected chi connectivity index (χ1v) is 22.3. The van der Waals surface area contributed by atoms with Crippen LogP contribution in [0.4, 0.5) is 19.7 Å². The molecule has 0 bridgehead atoms. The molecule has 4 fully saturated rings. The molecule has 1 unspecified atom stereocenters. The second kappa shape index (κ2) is 19.3. The molecular weight excluding hydrogens is 850 g/mol. The summed E-state index contributed by atoms with van der Waals surface area (Å²) < 4.78 is 41.5. The van der Waals surface area contributed by atoms with Crippen molar-refractivity contribution in [2.24, 2.45) is 28.4 Å². The summed E-state index contributed by atoms with van der Waals surface area (Å²) in [6.07, 6.45) is 3.49. The normalized spacial score (nSPS) is 31.5. The highest BCUT2D eigenvalue weighted by atomic mass is 19.1. The fourth-order valence-corrected chi connectivity index (χ4v) is 10.8. The number of aliphatic hydroxyl groups is 2. The Hall–Kier alpha value is -5.24. The lowest BCUT2D eigenvalue weighted by Gasteiger charge is -2.62. The van der Waals surface area contributed by atoms with Crippen LogP contribution in [0.5, 0.6) is 0 Å². The van der Waals surface area contributed by atoms with Crippen molar-refractivity contribution < 1.29 is 67.1 Å². The third-order valence-electron chi connectivity index (χ3n) is 14.2. The van der Waals surface area contributed by atoms with E-state index in [0.717, 1.165) is 0 Å². The van der Waals surface area contributed by atoms with Gasteiger partial charge in [-0.3, -0.25) is 19.2 Å². The Morgan fingerprint density at radius 2 is 1.78 bits per heavy atom. The van der Waals surface area contributed by atoms with E-state index >= 15 is 4.39 Å². The molecule has 5 aliphatic rings. The van der Waals surface area contributed by atoms with Gasteiger partial charge in [0.2, 0.25) is 17.6 Å². The molecule has 19 heteroatoms. The summed E-state index contributed by atoms with van der Waals surface area (Å²) >= 11 is 0. The SMILES string of the molecule is CCCC1O[C@@H]2C[C@H]3[C@@H]4CCC5=CC(=O)C=C[C@]5(C)[C@@]4(F)[C@@H](O)C[C@]3(C)[C@]2(C(=O)COC(=O)C(C)(C)NC(=O)[C@H](CO)NC(=O)OCc2ccc(NC(=O)CCCCNC(N)=O)cc2)O1. The third kappa shape index (κ3) is 9.42. The molecule has 8 N–H and O–H groups in total. The summed E-state index contributed by atoms with van der Waals surface area (Å²) in [7, 11) is 0. The molecule has 0 radical (unpaired) electrons. The maximum absolute atomic E-state index is 17.8. The molecular formula is C46H62FN5O13. The Morgan fingerprint density at radius 3 is 2.46 bits per heavy atom. The number of urea groups is 1. The molecule has 356 valence electrons. The topological polar surface area (TPSA) is 271 Å². The van der Waals surface area contributed by atoms with Gasteiger partial charge in [0.15, 0.2) is 29.9 Å². The number of fused-ring (bicyclic) bond motifs is 7. The zero-order chi connectivity index (χ0) is 47.5. The van der Waals surface area contributed by atoms with Crippen molar-refractivity contribution in [2.75, 3.05) is 25.1 Å². The standard InChI is InChI=1S/C46H62FN5O13/c1-6-9-37-64-35-21-31-30-16-13-27-20-29(54)17-18-43(27,4)45(30,47)33(55)22-44(31,5)46(35,65-37)34(56)25-62-39(59)42(2,3)52-38(58)32(23-53)51-41(61)63-24-26-11-14-28(15-12-26)50-36(57)10-7-8-19-49-40(48)60/h11-12,14-15,17-18,20,30-33,35,37,53,55H,6-10,13,16,19,21-25H2,1-5H3,(H,50,57)(H,51,61)(H,52,58)(H3,48,49,60)/t30-,31-,32-,33-,35+,37?,43-,44-,45-,46+/m0/s1. The van der Waals surface area contributed by atoms with E-state index in [1.807, 2.05) is 6.92 Å². The quantitative estimate of drug-likeness (QED) is 0.0824. The number of carbonyl (C=O) groups excluding carboxylic acids is 7. The molecule has 0 spiro atoms. The van der Waals surface area contributed by atoms with Gasteiger partial charge in [-0.05, 0) is 101 Å². The Labute approximate surface area is 376 Å². The second-order valence-corrected chi connectivity index (χ2v) is 18.8. The number of primary amides is 1. The number of ketones is 2. The van der Waals surface area contributed by atoms with Crippen LogP contribution in [0.25, 0.3) is 0 Å². The predicted octanol–water partition coefficient (Wildman–Crippen LogP) is 3.32. The summed E-state index contributed by atoms with van der Waals surface area (Å²) in [5.74, 6) is -4.27. The van der Waals surface area contributed by atoms with E-state index in [-0.39, 0.29) is 37.6 Å². The van der Waals surface area contributed by atoms with Gasteiger partial charge in [-0.25, -0.2) is 18.8 Å². The van der Waals surface area contributed by atoms with Crippen LogP contribution in [-0.2, 0) is 49.5 Å². The number of alkyl halides is 1. The molecule has 1 aliphatic heterocycles. The molecule has 65 heavy (non-hydrogen) atoms. The summed E-state index contributed by atoms with van der Waals surface area (Å²) in [5, 5.41) is 31.8. The minimum absolute atomic E-state index is 0.166. The van der Waals surface area contributed by atoms with Gasteiger partial charge in [-0.1, -0.05) is 44.1 Å². The third-order valence-corrected chi connectivity index (χ3v) is 14.2. The highest BCUT2D eigenvalue weighted by Gasteiger charge is 2.79. The van der Waals surface area contributed by atoms with Crippen molar-refractivity contribution in [3.63, 3.8) is 0 Å². The van der Waals surface area contributed by atoms with Gasteiger partial charge in [-0.2, -0.15) is 0 Å². The first-order chi connectivity index (χ1) is 30.6. The first kappa shape index (κ1) is 49.2. The number of ether oxygens (including phenoxy) is 4. The van der Waals surface area contributed by atoms with Crippen LogP contribution in [0.2, 0.25) is 0 Å². The number of hydrogen-bond donors (Lipinski definition) is 7. The smallest absolute Gasteiger partial charge is 0.408 e. The van der Waals surface area contributed by atoms with Crippen LogP contribution >= 0.6 is 0 Å². The van der Waals surface area contributed by atoms with Crippen molar-refractivity contribution in [3.8, 4) is 0 Å². The lowest BCUT2D eigenvalue weighted by Crippen LogP contribution is -2.70. The fraction of sp³-hybridized carbons (Fsp3) is 0.630. The number of nitrogens with one attached hydrogen (secondary N) is 4. The molecule has 18 nitrogen and oxygen atoms in total. The maximum Gasteiger partial charge on any atom is 0.408 e. The van der Waals surface area contributed by atoms with Gasteiger partial charge in [0.25, 0.3) is 0 Å². The fourth-order valence-electron chi connectivity index (χ4n) is 10.8. The van der Waals surface area contributed by atoms with Gasteiger partial charge < -0.3 is 56.2 Å². The van der Waals surface area contributed by atoms with Crippen molar-refractivity contribution in [3.05, 3.63) is 53.6 Å². The van der Waals surface area contributed by atoms with Crippen LogP contribution in [0.15, 0.2) is 48.1 Å². The molecule has 10 atom stereocenters. The lowest BCUT2D eigenvalue weighted by molar-refractivity contribution is -0.231. The summed E-state index contributed by atoms with van der Waals surface area (Å²) in [6.45, 7) is 6.57. The molecule has 3 saturated carbocycles. The number of amides is 5. The minimum atomic E-state index is -2.15. The van der Waals surface area contributed by atoms with E-state index in [4.69, 9.17) is 24.7 Å². The van der Waals surface area contributed by atoms with Crippen LogP contribution in [0.1, 0.15) is 98.0 Å². The van der Waals surface area contributed by atoms with E-state index in [2.05, 4.69) is 21.3 Å². The van der Waals surface area contributed by atoms with E-state index in [1.54, 1.807) is 44.2 Å². The van der Waals surface area contributed by atoms with E-state index in [1.165, 1.54) is 26.0 Å². The van der Waals surface area contributed by atoms with E-state index < -0.39 is 107 Å². The Bertz CT molecular complexity index is 2100. The highest BCUT2D eigenvalue weighted by molar-refractivity contribution is 6.01. The van der Waals surface area contributed by atoms with Gasteiger partial charge in [0.05, 0.1) is 18.8 Å². The number of halogens is 1. The van der Waals surface area contributed by atoms with Crippen LogP contribution in [-0.4, -0.2) is 113 Å². The van der Waals surface area contributed by atoms with Gasteiger partial charge >= 0.3 is 18.1 Å². The van der Waals surface area contributed by atoms with Gasteiger partial charge in [0.1, 0.15) is 18.2 Å². The summed E-state index contributed by atoms with van der Waals surface area (Å²) in [6, 6.07) is 4.28. The zero-order valence-corrected chi connectivity index (χ0v) is 37.5. The van der Waals surface area contributed by atoms with Crippen LogP contribution in [0, 0.1) is 22.7 Å². The predicted molar refractivity (Wildman–Crippen MR) is 230 cm³/mol. The van der Waals surface area contributed by atoms with E-state index in [9.17, 15) is 43.8 Å². The number of hydrogen-bond acceptors (Lipinski definition) is 13. The van der Waals surface area contributed by atoms with Crippen LogP contribution < -0.4 is 27.0 Å². The molecule has 1 heterocycles. The molecule has 1 aromatic rings. The summed E-state index contributed by atoms with van der Waals surface area (Å²) in [4.78, 5) is 89.4. The zero-order valence-electron chi connectivity index (χ0n) is 37.5. The average molecular weight is 912 g/mol. The lowest BCUT2D eigenvalue weighted by atomic mass is 9.44. The Morgan fingerprint density at radius 1 is 1.06 bits per heavy atom.